The molecule has 0 aromatic rings. The van der Waals surface area contributed by atoms with Crippen molar-refractivity contribution in [3.8, 4) is 0 Å². The molecule has 0 aliphatic carbocycles. The molecule has 0 N–H and O–H groups in total. The van der Waals surface area contributed by atoms with Gasteiger partial charge in [-0.1, -0.05) is 22.9 Å². The second kappa shape index (κ2) is 6.18. The SMILES string of the molecule is CCCN(CCBr)S(=O)(=O)N1CCCC1. The normalized spacial score (nSPS) is 18.9. The molecule has 1 heterocycles. The van der Waals surface area contributed by atoms with E-state index in [0.29, 0.717) is 31.5 Å². The van der Waals surface area contributed by atoms with E-state index in [0.717, 1.165) is 19.3 Å². The summed E-state index contributed by atoms with van der Waals surface area (Å²) >= 11 is 3.30. The van der Waals surface area contributed by atoms with Crippen LogP contribution in [-0.2, 0) is 10.2 Å². The second-order valence-electron chi connectivity index (χ2n) is 3.70. The van der Waals surface area contributed by atoms with Crippen LogP contribution in [0.4, 0.5) is 0 Å². The summed E-state index contributed by atoms with van der Waals surface area (Å²) < 4.78 is 27.5. The maximum absolute atomic E-state index is 12.1. The Bertz CT molecular complexity index is 270. The Balaban J connectivity index is 2.70. The Morgan fingerprint density at radius 1 is 1.27 bits per heavy atom. The first-order chi connectivity index (χ1) is 7.12. The molecule has 90 valence electrons. The van der Waals surface area contributed by atoms with Crippen molar-refractivity contribution >= 4 is 26.1 Å². The van der Waals surface area contributed by atoms with Gasteiger partial charge >= 0.3 is 0 Å². The predicted molar refractivity (Wildman–Crippen MR) is 65.4 cm³/mol. The molecular formula is C9H19BrN2O2S. The van der Waals surface area contributed by atoms with Crippen LogP contribution in [0.2, 0.25) is 0 Å². The van der Waals surface area contributed by atoms with Crippen LogP contribution in [0, 0.1) is 0 Å². The highest BCUT2D eigenvalue weighted by Gasteiger charge is 2.30. The van der Waals surface area contributed by atoms with Gasteiger partial charge in [-0.15, -0.1) is 0 Å². The fraction of sp³-hybridized carbons (Fsp3) is 1.00. The summed E-state index contributed by atoms with van der Waals surface area (Å²) in [6.45, 7) is 4.55. The summed E-state index contributed by atoms with van der Waals surface area (Å²) in [5.74, 6) is 0. The van der Waals surface area contributed by atoms with Gasteiger partial charge < -0.3 is 0 Å². The smallest absolute Gasteiger partial charge is 0.195 e. The van der Waals surface area contributed by atoms with E-state index in [9.17, 15) is 8.42 Å². The molecule has 0 saturated carbocycles. The van der Waals surface area contributed by atoms with Crippen molar-refractivity contribution in [2.45, 2.75) is 26.2 Å². The van der Waals surface area contributed by atoms with Crippen LogP contribution in [0.25, 0.3) is 0 Å². The van der Waals surface area contributed by atoms with Gasteiger partial charge in [0, 0.05) is 31.5 Å². The summed E-state index contributed by atoms with van der Waals surface area (Å²) in [6.07, 6.45) is 2.85. The third-order valence-corrected chi connectivity index (χ3v) is 4.91. The molecule has 1 aliphatic rings. The van der Waals surface area contributed by atoms with Gasteiger partial charge in [-0.2, -0.15) is 17.0 Å². The maximum atomic E-state index is 12.1. The number of halogens is 1. The molecule has 0 unspecified atom stereocenters. The number of hydrogen-bond donors (Lipinski definition) is 0. The minimum Gasteiger partial charge on any atom is -0.195 e. The molecule has 0 atom stereocenters. The molecule has 0 bridgehead atoms. The largest absolute Gasteiger partial charge is 0.282 e. The standard InChI is InChI=1S/C9H19BrN2O2S/c1-2-6-11(9-5-10)15(13,14)12-7-3-4-8-12/h2-9H2,1H3. The summed E-state index contributed by atoms with van der Waals surface area (Å²) in [4.78, 5) is 0. The lowest BCUT2D eigenvalue weighted by Gasteiger charge is -2.26. The van der Waals surface area contributed by atoms with Gasteiger partial charge in [0.15, 0.2) is 0 Å². The average Bonchev–Trinajstić information content (AvgIpc) is 2.70. The highest BCUT2D eigenvalue weighted by Crippen LogP contribution is 2.16. The number of nitrogens with zero attached hydrogens (tertiary/aromatic N) is 2. The molecule has 1 saturated heterocycles. The average molecular weight is 299 g/mol. The molecule has 0 aromatic heterocycles. The molecule has 15 heavy (non-hydrogen) atoms. The van der Waals surface area contributed by atoms with Crippen LogP contribution in [0.3, 0.4) is 0 Å². The minimum absolute atomic E-state index is 0.562. The zero-order chi connectivity index (χ0) is 11.3. The molecule has 4 nitrogen and oxygen atoms in total. The Kier molecular flexibility index (Phi) is 5.52. The molecule has 0 spiro atoms. The summed E-state index contributed by atoms with van der Waals surface area (Å²) in [5.41, 5.74) is 0. The number of rotatable bonds is 6. The van der Waals surface area contributed by atoms with Gasteiger partial charge in [0.1, 0.15) is 0 Å². The van der Waals surface area contributed by atoms with E-state index in [2.05, 4.69) is 15.9 Å². The minimum atomic E-state index is -3.19. The molecule has 6 heteroatoms. The predicted octanol–water partition coefficient (Wildman–Crippen LogP) is 1.43. The van der Waals surface area contributed by atoms with Crippen molar-refractivity contribution in [3.63, 3.8) is 0 Å². The van der Waals surface area contributed by atoms with Crippen molar-refractivity contribution in [2.75, 3.05) is 31.5 Å². The van der Waals surface area contributed by atoms with E-state index in [1.807, 2.05) is 6.92 Å². The fourth-order valence-corrected chi connectivity index (χ4v) is 4.21. The zero-order valence-electron chi connectivity index (χ0n) is 9.15. The Morgan fingerprint density at radius 2 is 1.87 bits per heavy atom. The molecule has 0 amide bonds. The van der Waals surface area contributed by atoms with Crippen LogP contribution in [0.15, 0.2) is 0 Å². The first-order valence-electron chi connectivity index (χ1n) is 5.44. The third-order valence-electron chi connectivity index (χ3n) is 2.52. The van der Waals surface area contributed by atoms with Crippen LogP contribution >= 0.6 is 15.9 Å². The van der Waals surface area contributed by atoms with Crippen LogP contribution < -0.4 is 0 Å². The molecule has 0 radical (unpaired) electrons. The van der Waals surface area contributed by atoms with Crippen LogP contribution in [0.5, 0.6) is 0 Å². The van der Waals surface area contributed by atoms with E-state index < -0.39 is 10.2 Å². The lowest BCUT2D eigenvalue weighted by Crippen LogP contribution is -2.43. The third kappa shape index (κ3) is 3.41. The zero-order valence-corrected chi connectivity index (χ0v) is 11.6. The van der Waals surface area contributed by atoms with Gasteiger partial charge in [-0.3, -0.25) is 0 Å². The highest BCUT2D eigenvalue weighted by atomic mass is 79.9. The topological polar surface area (TPSA) is 40.6 Å². The number of hydrogen-bond acceptors (Lipinski definition) is 2. The molecule has 1 rings (SSSR count). The lowest BCUT2D eigenvalue weighted by molar-refractivity contribution is 0.371. The van der Waals surface area contributed by atoms with Crippen molar-refractivity contribution in [3.05, 3.63) is 0 Å². The summed E-state index contributed by atoms with van der Waals surface area (Å²) in [7, 11) is -3.19. The molecule has 1 aliphatic heterocycles. The summed E-state index contributed by atoms with van der Waals surface area (Å²) in [5, 5.41) is 0.695. The monoisotopic (exact) mass is 298 g/mol. The van der Waals surface area contributed by atoms with Gasteiger partial charge in [0.25, 0.3) is 10.2 Å². The first kappa shape index (κ1) is 13.4. The quantitative estimate of drug-likeness (QED) is 0.696. The molecule has 1 fully saturated rings. The molecule has 0 aromatic carbocycles. The van der Waals surface area contributed by atoms with E-state index in [4.69, 9.17) is 0 Å². The Labute approximate surface area is 101 Å². The van der Waals surface area contributed by atoms with E-state index in [-0.39, 0.29) is 0 Å². The summed E-state index contributed by atoms with van der Waals surface area (Å²) in [6, 6.07) is 0. The van der Waals surface area contributed by atoms with E-state index >= 15 is 0 Å². The second-order valence-corrected chi connectivity index (χ2v) is 6.42. The fourth-order valence-electron chi connectivity index (χ4n) is 1.77. The van der Waals surface area contributed by atoms with Crippen molar-refractivity contribution in [2.24, 2.45) is 0 Å². The van der Waals surface area contributed by atoms with Gasteiger partial charge in [-0.25, -0.2) is 0 Å². The Morgan fingerprint density at radius 3 is 2.33 bits per heavy atom. The lowest BCUT2D eigenvalue weighted by atomic mass is 10.4. The van der Waals surface area contributed by atoms with Crippen LogP contribution in [0.1, 0.15) is 26.2 Å². The van der Waals surface area contributed by atoms with Gasteiger partial charge in [-0.05, 0) is 19.3 Å². The van der Waals surface area contributed by atoms with Crippen molar-refractivity contribution in [1.82, 2.24) is 8.61 Å². The highest BCUT2D eigenvalue weighted by molar-refractivity contribution is 9.09. The first-order valence-corrected chi connectivity index (χ1v) is 7.96. The van der Waals surface area contributed by atoms with Gasteiger partial charge in [0.2, 0.25) is 0 Å². The van der Waals surface area contributed by atoms with Gasteiger partial charge in [0.05, 0.1) is 0 Å². The van der Waals surface area contributed by atoms with Crippen LogP contribution in [-0.4, -0.2) is 48.5 Å². The number of alkyl halides is 1. The van der Waals surface area contributed by atoms with E-state index in [1.165, 1.54) is 0 Å². The van der Waals surface area contributed by atoms with Crippen molar-refractivity contribution < 1.29 is 8.42 Å². The maximum Gasteiger partial charge on any atom is 0.282 e. The van der Waals surface area contributed by atoms with Crippen molar-refractivity contribution in [1.29, 1.82) is 0 Å². The van der Waals surface area contributed by atoms with E-state index in [1.54, 1.807) is 8.61 Å². The molecular weight excluding hydrogens is 280 g/mol. The Hall–Kier alpha value is 0.350.